The Balaban J connectivity index is 2.15. The van der Waals surface area contributed by atoms with Crippen LogP contribution in [0.15, 0.2) is 59.5 Å². The summed E-state index contributed by atoms with van der Waals surface area (Å²) < 4.78 is 63.3. The van der Waals surface area contributed by atoms with Crippen molar-refractivity contribution in [2.75, 3.05) is 13.1 Å². The predicted molar refractivity (Wildman–Crippen MR) is 94.5 cm³/mol. The van der Waals surface area contributed by atoms with Gasteiger partial charge in [0.25, 0.3) is 5.91 Å². The summed E-state index contributed by atoms with van der Waals surface area (Å²) in [6, 6.07) is 13.9. The standard InChI is InChI=1S/C18H19F3N2O3S/c1-2-23(12-14-6-4-3-5-7-14)27(25,26)16-10-8-15(9-11-16)17(24)22-13-18(19,20)21/h3-11H,2,12-13H2,1H3,(H,22,24). The first-order valence-electron chi connectivity index (χ1n) is 8.12. The van der Waals surface area contributed by atoms with Crippen molar-refractivity contribution in [3.63, 3.8) is 0 Å². The lowest BCUT2D eigenvalue weighted by molar-refractivity contribution is -0.123. The summed E-state index contributed by atoms with van der Waals surface area (Å²) in [6.45, 7) is 0.685. The average molecular weight is 400 g/mol. The number of rotatable bonds is 7. The molecule has 0 aliphatic heterocycles. The summed E-state index contributed by atoms with van der Waals surface area (Å²) in [6.07, 6.45) is -4.52. The molecule has 0 spiro atoms. The number of hydrogen-bond donors (Lipinski definition) is 1. The number of hydrogen-bond acceptors (Lipinski definition) is 3. The van der Waals surface area contributed by atoms with Crippen molar-refractivity contribution in [2.45, 2.75) is 24.5 Å². The highest BCUT2D eigenvalue weighted by atomic mass is 32.2. The Morgan fingerprint density at radius 1 is 1.04 bits per heavy atom. The maximum Gasteiger partial charge on any atom is 0.405 e. The van der Waals surface area contributed by atoms with Crippen LogP contribution in [0, 0.1) is 0 Å². The molecular weight excluding hydrogens is 381 g/mol. The highest BCUT2D eigenvalue weighted by molar-refractivity contribution is 7.89. The van der Waals surface area contributed by atoms with Gasteiger partial charge in [0, 0.05) is 18.7 Å². The van der Waals surface area contributed by atoms with Gasteiger partial charge in [0.1, 0.15) is 6.54 Å². The van der Waals surface area contributed by atoms with Crippen LogP contribution in [0.1, 0.15) is 22.8 Å². The number of carbonyl (C=O) groups is 1. The van der Waals surface area contributed by atoms with Gasteiger partial charge in [0.05, 0.1) is 4.90 Å². The van der Waals surface area contributed by atoms with Crippen molar-refractivity contribution in [3.05, 3.63) is 65.7 Å². The second kappa shape index (κ2) is 8.53. The largest absolute Gasteiger partial charge is 0.405 e. The van der Waals surface area contributed by atoms with Gasteiger partial charge in [-0.1, -0.05) is 37.3 Å². The monoisotopic (exact) mass is 400 g/mol. The Hall–Kier alpha value is -2.39. The van der Waals surface area contributed by atoms with Crippen LogP contribution in [0.2, 0.25) is 0 Å². The van der Waals surface area contributed by atoms with E-state index in [1.165, 1.54) is 28.6 Å². The van der Waals surface area contributed by atoms with Crippen LogP contribution < -0.4 is 5.32 Å². The van der Waals surface area contributed by atoms with Crippen LogP contribution in [0.25, 0.3) is 0 Å². The first-order valence-corrected chi connectivity index (χ1v) is 9.56. The lowest BCUT2D eigenvalue weighted by atomic mass is 10.2. The number of sulfonamides is 1. The molecule has 0 fully saturated rings. The molecule has 0 saturated heterocycles. The van der Waals surface area contributed by atoms with Gasteiger partial charge in [-0.15, -0.1) is 0 Å². The molecule has 0 bridgehead atoms. The lowest BCUT2D eigenvalue weighted by Crippen LogP contribution is -2.33. The first kappa shape index (κ1) is 20.9. The van der Waals surface area contributed by atoms with Crippen LogP contribution in [-0.2, 0) is 16.6 Å². The molecule has 5 nitrogen and oxygen atoms in total. The second-order valence-electron chi connectivity index (χ2n) is 5.74. The minimum Gasteiger partial charge on any atom is -0.343 e. The van der Waals surface area contributed by atoms with E-state index in [4.69, 9.17) is 0 Å². The van der Waals surface area contributed by atoms with E-state index in [2.05, 4.69) is 0 Å². The minimum atomic E-state index is -4.52. The van der Waals surface area contributed by atoms with Gasteiger partial charge in [-0.25, -0.2) is 8.42 Å². The smallest absolute Gasteiger partial charge is 0.343 e. The summed E-state index contributed by atoms with van der Waals surface area (Å²) in [7, 11) is -3.81. The number of carbonyl (C=O) groups excluding carboxylic acids is 1. The molecular formula is C18H19F3N2O3S. The summed E-state index contributed by atoms with van der Waals surface area (Å²) >= 11 is 0. The zero-order valence-corrected chi connectivity index (χ0v) is 15.3. The molecule has 27 heavy (non-hydrogen) atoms. The molecule has 0 aliphatic rings. The number of benzene rings is 2. The third kappa shape index (κ3) is 5.80. The molecule has 0 heterocycles. The third-order valence-corrected chi connectivity index (χ3v) is 5.69. The van der Waals surface area contributed by atoms with Gasteiger partial charge in [0.15, 0.2) is 0 Å². The molecule has 0 aromatic heterocycles. The van der Waals surface area contributed by atoms with E-state index in [0.717, 1.165) is 5.56 Å². The Bertz CT molecular complexity index is 867. The molecule has 1 N–H and O–H groups in total. The maximum absolute atomic E-state index is 12.8. The summed E-state index contributed by atoms with van der Waals surface area (Å²) in [4.78, 5) is 11.7. The van der Waals surface area contributed by atoms with Crippen molar-refractivity contribution < 1.29 is 26.4 Å². The molecule has 0 aliphatic carbocycles. The van der Waals surface area contributed by atoms with Gasteiger partial charge >= 0.3 is 6.18 Å². The van der Waals surface area contributed by atoms with Crippen LogP contribution in [0.4, 0.5) is 13.2 Å². The topological polar surface area (TPSA) is 66.5 Å². The van der Waals surface area contributed by atoms with Gasteiger partial charge in [-0.05, 0) is 29.8 Å². The highest BCUT2D eigenvalue weighted by Crippen LogP contribution is 2.19. The van der Waals surface area contributed by atoms with E-state index in [1.54, 1.807) is 12.2 Å². The molecule has 0 radical (unpaired) electrons. The quantitative estimate of drug-likeness (QED) is 0.776. The Morgan fingerprint density at radius 2 is 1.63 bits per heavy atom. The Morgan fingerprint density at radius 3 is 2.15 bits per heavy atom. The van der Waals surface area contributed by atoms with Crippen LogP contribution in [0.5, 0.6) is 0 Å². The van der Waals surface area contributed by atoms with Crippen LogP contribution in [-0.4, -0.2) is 37.9 Å². The van der Waals surface area contributed by atoms with Gasteiger partial charge in [0.2, 0.25) is 10.0 Å². The Kier molecular flexibility index (Phi) is 6.61. The normalized spacial score (nSPS) is 12.2. The van der Waals surface area contributed by atoms with Crippen LogP contribution >= 0.6 is 0 Å². The fourth-order valence-electron chi connectivity index (χ4n) is 2.36. The average Bonchev–Trinajstić information content (AvgIpc) is 2.64. The summed E-state index contributed by atoms with van der Waals surface area (Å²) in [5.74, 6) is -0.923. The Labute approximate surface area is 155 Å². The van der Waals surface area contributed by atoms with Crippen LogP contribution in [0.3, 0.4) is 0 Å². The molecule has 2 aromatic rings. The van der Waals surface area contributed by atoms with E-state index < -0.39 is 28.7 Å². The van der Waals surface area contributed by atoms with E-state index in [1.807, 2.05) is 30.3 Å². The molecule has 0 unspecified atom stereocenters. The van der Waals surface area contributed by atoms with Crippen molar-refractivity contribution in [2.24, 2.45) is 0 Å². The second-order valence-corrected chi connectivity index (χ2v) is 7.68. The number of nitrogens with one attached hydrogen (secondary N) is 1. The third-order valence-electron chi connectivity index (χ3n) is 3.76. The van der Waals surface area contributed by atoms with E-state index in [-0.39, 0.29) is 23.5 Å². The number of alkyl halides is 3. The fourth-order valence-corrected chi connectivity index (χ4v) is 3.80. The van der Waals surface area contributed by atoms with E-state index in [9.17, 15) is 26.4 Å². The molecule has 146 valence electrons. The number of amides is 1. The van der Waals surface area contributed by atoms with E-state index >= 15 is 0 Å². The fraction of sp³-hybridized carbons (Fsp3) is 0.278. The van der Waals surface area contributed by atoms with Gasteiger partial charge in [-0.2, -0.15) is 17.5 Å². The molecule has 1 amide bonds. The predicted octanol–water partition coefficient (Wildman–Crippen LogP) is 3.19. The zero-order valence-electron chi connectivity index (χ0n) is 14.5. The van der Waals surface area contributed by atoms with Crippen molar-refractivity contribution in [1.82, 2.24) is 9.62 Å². The number of halogens is 3. The zero-order chi connectivity index (χ0) is 20.1. The number of nitrogens with zero attached hydrogens (tertiary/aromatic N) is 1. The molecule has 2 aromatic carbocycles. The summed E-state index contributed by atoms with van der Waals surface area (Å²) in [5.41, 5.74) is 0.774. The molecule has 9 heteroatoms. The molecule has 2 rings (SSSR count). The highest BCUT2D eigenvalue weighted by Gasteiger charge is 2.28. The lowest BCUT2D eigenvalue weighted by Gasteiger charge is -2.20. The molecule has 0 saturated carbocycles. The van der Waals surface area contributed by atoms with Gasteiger partial charge < -0.3 is 5.32 Å². The molecule has 0 atom stereocenters. The van der Waals surface area contributed by atoms with Gasteiger partial charge in [-0.3, -0.25) is 4.79 Å². The van der Waals surface area contributed by atoms with Crippen molar-refractivity contribution in [3.8, 4) is 0 Å². The first-order chi connectivity index (χ1) is 12.6. The van der Waals surface area contributed by atoms with E-state index in [0.29, 0.717) is 0 Å². The minimum absolute atomic E-state index is 0.0346. The maximum atomic E-state index is 12.8. The van der Waals surface area contributed by atoms with Crippen molar-refractivity contribution >= 4 is 15.9 Å². The SMILES string of the molecule is CCN(Cc1ccccc1)S(=O)(=O)c1ccc(C(=O)NCC(F)(F)F)cc1. The summed E-state index contributed by atoms with van der Waals surface area (Å²) in [5, 5.41) is 1.74. The van der Waals surface area contributed by atoms with Crippen molar-refractivity contribution in [1.29, 1.82) is 0 Å².